The molecule has 0 spiro atoms. The monoisotopic (exact) mass is 351 g/mol. The molecule has 0 bridgehead atoms. The van der Waals surface area contributed by atoms with Gasteiger partial charge in [0.05, 0.1) is 10.0 Å². The number of isocyanates is 1. The van der Waals surface area contributed by atoms with Crippen molar-refractivity contribution in [3.8, 4) is 11.5 Å². The SMILES string of the molecule is CC(C)c1c(C2(N=C=O)CCCC2)cc(Br)c2c1OCO2. The minimum absolute atomic E-state index is 0.237. The van der Waals surface area contributed by atoms with Crippen LogP contribution in [0.4, 0.5) is 0 Å². The van der Waals surface area contributed by atoms with E-state index in [9.17, 15) is 4.79 Å². The number of rotatable bonds is 3. The van der Waals surface area contributed by atoms with Crippen LogP contribution in [0.2, 0.25) is 0 Å². The number of hydrogen-bond donors (Lipinski definition) is 0. The van der Waals surface area contributed by atoms with Gasteiger partial charge in [-0.1, -0.05) is 26.7 Å². The second kappa shape index (κ2) is 5.47. The van der Waals surface area contributed by atoms with Gasteiger partial charge in [0, 0.05) is 5.56 Å². The molecule has 1 fully saturated rings. The first-order valence-corrected chi connectivity index (χ1v) is 8.10. The largest absolute Gasteiger partial charge is 0.453 e. The van der Waals surface area contributed by atoms with Gasteiger partial charge in [-0.05, 0) is 46.3 Å². The number of nitrogens with zero attached hydrogens (tertiary/aromatic N) is 1. The third-order valence-electron chi connectivity index (χ3n) is 4.40. The van der Waals surface area contributed by atoms with Gasteiger partial charge in [-0.2, -0.15) is 4.99 Å². The van der Waals surface area contributed by atoms with Gasteiger partial charge in [-0.15, -0.1) is 0 Å². The maximum atomic E-state index is 11.0. The van der Waals surface area contributed by atoms with Crippen molar-refractivity contribution in [1.82, 2.24) is 0 Å². The molecule has 1 aliphatic heterocycles. The Bertz CT molecular complexity index is 614. The molecular formula is C16H18BrNO3. The number of fused-ring (bicyclic) bond motifs is 1. The first-order valence-electron chi connectivity index (χ1n) is 7.30. The first-order chi connectivity index (χ1) is 10.1. The van der Waals surface area contributed by atoms with Gasteiger partial charge in [0.2, 0.25) is 12.9 Å². The van der Waals surface area contributed by atoms with E-state index >= 15 is 0 Å². The summed E-state index contributed by atoms with van der Waals surface area (Å²) in [5.74, 6) is 1.82. The van der Waals surface area contributed by atoms with Crippen LogP contribution in [0.3, 0.4) is 0 Å². The van der Waals surface area contributed by atoms with Crippen molar-refractivity contribution in [2.45, 2.75) is 51.0 Å². The zero-order chi connectivity index (χ0) is 15.0. The number of carbonyl (C=O) groups excluding carboxylic acids is 1. The van der Waals surface area contributed by atoms with Gasteiger partial charge in [0.15, 0.2) is 11.5 Å². The van der Waals surface area contributed by atoms with Gasteiger partial charge >= 0.3 is 0 Å². The third-order valence-corrected chi connectivity index (χ3v) is 4.99. The van der Waals surface area contributed by atoms with E-state index in [1.807, 2.05) is 0 Å². The standard InChI is InChI=1S/C16H18BrNO3/c1-10(2)13-11(16(18-8-19)5-3-4-6-16)7-12(17)14-15(13)21-9-20-14/h7,10H,3-6,9H2,1-2H3. The molecule has 0 saturated heterocycles. The molecule has 0 atom stereocenters. The molecule has 1 aromatic rings. The number of halogens is 1. The van der Waals surface area contributed by atoms with Crippen LogP contribution >= 0.6 is 15.9 Å². The number of aliphatic imine (C=N–C) groups is 1. The molecule has 0 amide bonds. The normalized spacial score (nSPS) is 18.9. The smallest absolute Gasteiger partial charge is 0.235 e. The van der Waals surface area contributed by atoms with Crippen molar-refractivity contribution in [3.63, 3.8) is 0 Å². The summed E-state index contributed by atoms with van der Waals surface area (Å²) in [6.07, 6.45) is 5.71. The van der Waals surface area contributed by atoms with Crippen LogP contribution in [0, 0.1) is 0 Å². The Kier molecular flexibility index (Phi) is 3.80. The van der Waals surface area contributed by atoms with Gasteiger partial charge < -0.3 is 9.47 Å². The first kappa shape index (κ1) is 14.6. The molecule has 112 valence electrons. The lowest BCUT2D eigenvalue weighted by atomic mass is 9.81. The van der Waals surface area contributed by atoms with E-state index in [1.54, 1.807) is 6.08 Å². The van der Waals surface area contributed by atoms with Gasteiger partial charge in [0.1, 0.15) is 0 Å². The highest BCUT2D eigenvalue weighted by atomic mass is 79.9. The van der Waals surface area contributed by atoms with Crippen LogP contribution in [-0.2, 0) is 10.3 Å². The minimum Gasteiger partial charge on any atom is -0.453 e. The lowest BCUT2D eigenvalue weighted by Gasteiger charge is -2.28. The quantitative estimate of drug-likeness (QED) is 0.598. The third kappa shape index (κ3) is 2.29. The lowest BCUT2D eigenvalue weighted by Crippen LogP contribution is -2.22. The zero-order valence-electron chi connectivity index (χ0n) is 12.2. The molecule has 5 heteroatoms. The Morgan fingerprint density at radius 2 is 1.95 bits per heavy atom. The van der Waals surface area contributed by atoms with Gasteiger partial charge in [0.25, 0.3) is 0 Å². The van der Waals surface area contributed by atoms with Crippen molar-refractivity contribution >= 4 is 22.0 Å². The highest BCUT2D eigenvalue weighted by Crippen LogP contribution is 2.52. The van der Waals surface area contributed by atoms with Crippen molar-refractivity contribution in [3.05, 3.63) is 21.7 Å². The molecule has 1 aromatic carbocycles. The number of benzene rings is 1. The van der Waals surface area contributed by atoms with Crippen LogP contribution in [0.15, 0.2) is 15.5 Å². The average Bonchev–Trinajstić information content (AvgIpc) is 3.08. The summed E-state index contributed by atoms with van der Waals surface area (Å²) in [7, 11) is 0. The Morgan fingerprint density at radius 3 is 2.57 bits per heavy atom. The molecule has 4 nitrogen and oxygen atoms in total. The zero-order valence-corrected chi connectivity index (χ0v) is 13.8. The summed E-state index contributed by atoms with van der Waals surface area (Å²) in [6.45, 7) is 4.49. The van der Waals surface area contributed by atoms with Gasteiger partial charge in [-0.25, -0.2) is 4.79 Å². The lowest BCUT2D eigenvalue weighted by molar-refractivity contribution is 0.172. The summed E-state index contributed by atoms with van der Waals surface area (Å²) in [4.78, 5) is 15.2. The summed E-state index contributed by atoms with van der Waals surface area (Å²) in [5.41, 5.74) is 1.73. The van der Waals surface area contributed by atoms with Crippen LogP contribution in [0.1, 0.15) is 56.6 Å². The maximum Gasteiger partial charge on any atom is 0.235 e. The Hall–Kier alpha value is -1.32. The van der Waals surface area contributed by atoms with Crippen molar-refractivity contribution < 1.29 is 14.3 Å². The molecule has 1 heterocycles. The summed E-state index contributed by atoms with van der Waals surface area (Å²) in [6, 6.07) is 2.05. The molecule has 0 radical (unpaired) electrons. The molecule has 3 rings (SSSR count). The van der Waals surface area contributed by atoms with Crippen molar-refractivity contribution in [1.29, 1.82) is 0 Å². The Labute approximate surface area is 132 Å². The Balaban J connectivity index is 2.27. The number of ether oxygens (including phenoxy) is 2. The summed E-state index contributed by atoms with van der Waals surface area (Å²) >= 11 is 3.56. The number of hydrogen-bond acceptors (Lipinski definition) is 4. The fraction of sp³-hybridized carbons (Fsp3) is 0.562. The van der Waals surface area contributed by atoms with Crippen molar-refractivity contribution in [2.75, 3.05) is 6.79 Å². The molecule has 0 aromatic heterocycles. The summed E-state index contributed by atoms with van der Waals surface area (Å²) in [5, 5.41) is 0. The molecule has 1 aliphatic carbocycles. The van der Waals surface area contributed by atoms with Gasteiger partial charge in [-0.3, -0.25) is 0 Å². The minimum atomic E-state index is -0.454. The van der Waals surface area contributed by atoms with E-state index in [-0.39, 0.29) is 12.7 Å². The molecular weight excluding hydrogens is 334 g/mol. The van der Waals surface area contributed by atoms with Crippen LogP contribution in [0.25, 0.3) is 0 Å². The topological polar surface area (TPSA) is 47.9 Å². The van der Waals surface area contributed by atoms with E-state index in [1.165, 1.54) is 0 Å². The molecule has 21 heavy (non-hydrogen) atoms. The van der Waals surface area contributed by atoms with Crippen LogP contribution in [-0.4, -0.2) is 12.9 Å². The van der Waals surface area contributed by atoms with E-state index in [2.05, 4.69) is 40.8 Å². The van der Waals surface area contributed by atoms with E-state index in [0.29, 0.717) is 0 Å². The van der Waals surface area contributed by atoms with Crippen LogP contribution < -0.4 is 9.47 Å². The Morgan fingerprint density at radius 1 is 1.29 bits per heavy atom. The maximum absolute atomic E-state index is 11.0. The predicted octanol–water partition coefficient (Wildman–Crippen LogP) is 4.41. The van der Waals surface area contributed by atoms with E-state index < -0.39 is 5.54 Å². The summed E-state index contributed by atoms with van der Waals surface area (Å²) < 4.78 is 12.1. The molecule has 0 N–H and O–H groups in total. The fourth-order valence-electron chi connectivity index (χ4n) is 3.50. The van der Waals surface area contributed by atoms with E-state index in [4.69, 9.17) is 9.47 Å². The predicted molar refractivity (Wildman–Crippen MR) is 82.6 cm³/mol. The van der Waals surface area contributed by atoms with Crippen molar-refractivity contribution in [2.24, 2.45) is 4.99 Å². The molecule has 2 aliphatic rings. The average molecular weight is 352 g/mol. The fourth-order valence-corrected chi connectivity index (χ4v) is 4.02. The highest BCUT2D eigenvalue weighted by molar-refractivity contribution is 9.10. The van der Waals surface area contributed by atoms with Crippen LogP contribution in [0.5, 0.6) is 11.5 Å². The molecule has 0 unspecified atom stereocenters. The highest BCUT2D eigenvalue weighted by Gasteiger charge is 2.40. The second-order valence-corrected chi connectivity index (χ2v) is 6.84. The second-order valence-electron chi connectivity index (χ2n) is 5.98. The molecule has 1 saturated carbocycles. The van der Waals surface area contributed by atoms with E-state index in [0.717, 1.165) is 52.8 Å².